The molecule has 3 atom stereocenters. The standard InChI is InChI=1S/C22H34N2O.C4H9NO.C2H6O.H2O.H2/c1-7-12-24(6)18-9-8-16(13-15(18)2)19(25)23-20-21(3,4)17-10-11-22(20,5)14-17;1-3-6-4-2-5-1;1-3-2;;/h8-9,13,17,20H,7,10-12,14H2,1-6H3,(H,23,25);5H,1-4H2;1-2H3;1H2;1H/t17?,20?,22-;;;;/m1..../s1. The van der Waals surface area contributed by atoms with Gasteiger partial charge in [0.2, 0.25) is 0 Å². The summed E-state index contributed by atoms with van der Waals surface area (Å²) >= 11 is 0. The summed E-state index contributed by atoms with van der Waals surface area (Å²) in [5.41, 5.74) is 3.63. The highest BCUT2D eigenvalue weighted by Gasteiger charge is 2.59. The van der Waals surface area contributed by atoms with E-state index in [2.05, 4.69) is 68.0 Å². The monoisotopic (exact) mass is 495 g/mol. The zero-order valence-electron chi connectivity index (χ0n) is 23.4. The maximum absolute atomic E-state index is 12.9. The van der Waals surface area contributed by atoms with E-state index >= 15 is 0 Å². The van der Waals surface area contributed by atoms with Crippen molar-refractivity contribution in [3.8, 4) is 0 Å². The molecule has 1 aliphatic heterocycles. The second-order valence-corrected chi connectivity index (χ2v) is 11.0. The highest BCUT2D eigenvalue weighted by Crippen LogP contribution is 2.62. The number of rotatable bonds is 5. The predicted octanol–water partition coefficient (Wildman–Crippen LogP) is 4.08. The van der Waals surface area contributed by atoms with Gasteiger partial charge in [0, 0.05) is 59.6 Å². The molecule has 1 aromatic rings. The van der Waals surface area contributed by atoms with Crippen LogP contribution in [0.4, 0.5) is 5.69 Å². The number of anilines is 1. The van der Waals surface area contributed by atoms with Gasteiger partial charge in [-0.2, -0.15) is 0 Å². The summed E-state index contributed by atoms with van der Waals surface area (Å²) < 4.78 is 9.26. The van der Waals surface area contributed by atoms with Crippen LogP contribution in [0.3, 0.4) is 0 Å². The average Bonchev–Trinajstić information content (AvgIpc) is 3.30. The van der Waals surface area contributed by atoms with Crippen molar-refractivity contribution in [2.45, 2.75) is 66.3 Å². The fourth-order valence-corrected chi connectivity index (χ4v) is 6.07. The van der Waals surface area contributed by atoms with E-state index in [1.165, 1.54) is 30.5 Å². The molecule has 4 N–H and O–H groups in total. The molecule has 3 fully saturated rings. The summed E-state index contributed by atoms with van der Waals surface area (Å²) in [7, 11) is 5.37. The molecule has 0 radical (unpaired) electrons. The van der Waals surface area contributed by atoms with Gasteiger partial charge in [0.1, 0.15) is 0 Å². The van der Waals surface area contributed by atoms with Gasteiger partial charge in [-0.25, -0.2) is 0 Å². The molecule has 2 bridgehead atoms. The fourth-order valence-electron chi connectivity index (χ4n) is 6.07. The number of aryl methyl sites for hydroxylation is 1. The first-order chi connectivity index (χ1) is 16.1. The van der Waals surface area contributed by atoms with Crippen LogP contribution in [0, 0.1) is 23.7 Å². The Labute approximate surface area is 215 Å². The van der Waals surface area contributed by atoms with Crippen LogP contribution in [0.1, 0.15) is 70.7 Å². The van der Waals surface area contributed by atoms with E-state index in [1.54, 1.807) is 14.2 Å². The number of hydrogen-bond acceptors (Lipinski definition) is 5. The minimum Gasteiger partial charge on any atom is -0.412 e. The molecule has 2 unspecified atom stereocenters. The number of benzene rings is 1. The molecule has 1 aromatic carbocycles. The summed E-state index contributed by atoms with van der Waals surface area (Å²) in [6.07, 6.45) is 4.93. The maximum Gasteiger partial charge on any atom is 0.251 e. The van der Waals surface area contributed by atoms with Crippen LogP contribution in [0.5, 0.6) is 0 Å². The molecule has 7 nitrogen and oxygen atoms in total. The Morgan fingerprint density at radius 1 is 1.26 bits per heavy atom. The van der Waals surface area contributed by atoms with Gasteiger partial charge in [0.25, 0.3) is 5.91 Å². The molecule has 1 heterocycles. The smallest absolute Gasteiger partial charge is 0.251 e. The van der Waals surface area contributed by atoms with Crippen LogP contribution in [0.15, 0.2) is 18.2 Å². The third kappa shape index (κ3) is 7.91. The lowest BCUT2D eigenvalue weighted by molar-refractivity contribution is 0.0737. The quantitative estimate of drug-likeness (QED) is 0.642. The summed E-state index contributed by atoms with van der Waals surface area (Å²) in [5, 5.41) is 6.57. The zero-order chi connectivity index (χ0) is 25.4. The highest BCUT2D eigenvalue weighted by molar-refractivity contribution is 5.95. The van der Waals surface area contributed by atoms with Crippen molar-refractivity contribution in [2.75, 3.05) is 59.0 Å². The Balaban J connectivity index is 0.000000950. The van der Waals surface area contributed by atoms with Crippen molar-refractivity contribution in [2.24, 2.45) is 16.7 Å². The Morgan fingerprint density at radius 3 is 2.31 bits per heavy atom. The summed E-state index contributed by atoms with van der Waals surface area (Å²) in [6.45, 7) is 16.2. The lowest BCUT2D eigenvalue weighted by Gasteiger charge is -2.43. The van der Waals surface area contributed by atoms with Gasteiger partial charge in [-0.05, 0) is 73.1 Å². The van der Waals surface area contributed by atoms with Crippen molar-refractivity contribution >= 4 is 11.6 Å². The van der Waals surface area contributed by atoms with E-state index in [9.17, 15) is 4.79 Å². The van der Waals surface area contributed by atoms with E-state index in [0.717, 1.165) is 50.8 Å². The van der Waals surface area contributed by atoms with Gasteiger partial charge in [-0.15, -0.1) is 0 Å². The van der Waals surface area contributed by atoms with Crippen LogP contribution in [-0.2, 0) is 9.47 Å². The molecule has 0 spiro atoms. The molecule has 3 aliphatic rings. The molecule has 4 rings (SSSR count). The van der Waals surface area contributed by atoms with Crippen molar-refractivity contribution < 1.29 is 21.2 Å². The number of nitrogens with zero attached hydrogens (tertiary/aromatic N) is 1. The number of nitrogens with one attached hydrogen (secondary N) is 2. The summed E-state index contributed by atoms with van der Waals surface area (Å²) in [4.78, 5) is 15.2. The maximum atomic E-state index is 12.9. The average molecular weight is 496 g/mol. The van der Waals surface area contributed by atoms with Gasteiger partial charge >= 0.3 is 0 Å². The molecular weight excluding hydrogens is 442 g/mol. The van der Waals surface area contributed by atoms with E-state index in [-0.39, 0.29) is 29.7 Å². The van der Waals surface area contributed by atoms with Gasteiger partial charge in [0.05, 0.1) is 13.2 Å². The second-order valence-electron chi connectivity index (χ2n) is 11.0. The van der Waals surface area contributed by atoms with Crippen molar-refractivity contribution in [1.29, 1.82) is 0 Å². The molecule has 1 saturated heterocycles. The minimum atomic E-state index is 0. The topological polar surface area (TPSA) is 94.3 Å². The molecule has 35 heavy (non-hydrogen) atoms. The minimum absolute atomic E-state index is 0. The Bertz CT molecular complexity index is 772. The molecule has 204 valence electrons. The van der Waals surface area contributed by atoms with Crippen LogP contribution in [0.2, 0.25) is 0 Å². The van der Waals surface area contributed by atoms with Crippen LogP contribution >= 0.6 is 0 Å². The SMILES string of the molecule is C1COCCN1.CCCN(C)c1ccc(C(=O)NC2C(C)(C)C3CC[C@]2(C)C3)cc1C.COC.O.[HH]. The third-order valence-electron chi connectivity index (χ3n) is 7.82. The van der Waals surface area contributed by atoms with Crippen LogP contribution in [0.25, 0.3) is 0 Å². The first-order valence-electron chi connectivity index (χ1n) is 12.9. The molecule has 1 amide bonds. The Hall–Kier alpha value is -1.67. The number of carbonyl (C=O) groups excluding carboxylic acids is 1. The van der Waals surface area contributed by atoms with Gasteiger partial charge < -0.3 is 30.5 Å². The number of ether oxygens (including phenoxy) is 2. The number of fused-ring (bicyclic) bond motifs is 2. The van der Waals surface area contributed by atoms with Gasteiger partial charge in [-0.1, -0.05) is 27.7 Å². The van der Waals surface area contributed by atoms with Crippen LogP contribution in [-0.4, -0.2) is 71.5 Å². The Kier molecular flexibility index (Phi) is 12.7. The van der Waals surface area contributed by atoms with Crippen molar-refractivity contribution in [3.05, 3.63) is 29.3 Å². The first-order valence-corrected chi connectivity index (χ1v) is 12.9. The second kappa shape index (κ2) is 14.2. The molecule has 2 aliphatic carbocycles. The number of morpholine rings is 1. The summed E-state index contributed by atoms with van der Waals surface area (Å²) in [6, 6.07) is 6.38. The number of carbonyl (C=O) groups is 1. The lowest BCUT2D eigenvalue weighted by Crippen LogP contribution is -2.52. The number of amides is 1. The largest absolute Gasteiger partial charge is 0.412 e. The Morgan fingerprint density at radius 2 is 1.89 bits per heavy atom. The number of methoxy groups -OCH3 is 1. The van der Waals surface area contributed by atoms with E-state index in [0.29, 0.717) is 0 Å². The fraction of sp³-hybridized carbons (Fsp3) is 0.750. The van der Waals surface area contributed by atoms with Gasteiger partial charge in [-0.3, -0.25) is 4.79 Å². The predicted molar refractivity (Wildman–Crippen MR) is 148 cm³/mol. The van der Waals surface area contributed by atoms with E-state index in [1.807, 2.05) is 12.1 Å². The first kappa shape index (κ1) is 31.4. The summed E-state index contributed by atoms with van der Waals surface area (Å²) in [5.74, 6) is 0.828. The van der Waals surface area contributed by atoms with Crippen molar-refractivity contribution in [1.82, 2.24) is 10.6 Å². The molecule has 7 heteroatoms. The zero-order valence-corrected chi connectivity index (χ0v) is 23.4. The normalized spacial score (nSPS) is 25.8. The van der Waals surface area contributed by atoms with E-state index < -0.39 is 0 Å². The molecule has 2 saturated carbocycles. The third-order valence-corrected chi connectivity index (χ3v) is 7.82. The molecular formula is C28H53N3O4. The lowest BCUT2D eigenvalue weighted by atomic mass is 9.68. The molecule has 0 aromatic heterocycles. The van der Waals surface area contributed by atoms with E-state index in [4.69, 9.17) is 4.74 Å². The van der Waals surface area contributed by atoms with Crippen molar-refractivity contribution in [3.63, 3.8) is 0 Å². The number of hydrogen-bond donors (Lipinski definition) is 2. The van der Waals surface area contributed by atoms with Crippen LogP contribution < -0.4 is 15.5 Å². The highest BCUT2D eigenvalue weighted by atomic mass is 16.5. The van der Waals surface area contributed by atoms with Gasteiger partial charge in [0.15, 0.2) is 0 Å².